The largest absolute Gasteiger partial charge is 0.456 e. The summed E-state index contributed by atoms with van der Waals surface area (Å²) < 4.78 is 11.2. The summed E-state index contributed by atoms with van der Waals surface area (Å²) in [5.41, 5.74) is 18.3. The average Bonchev–Trinajstić information content (AvgIpc) is 3.94. The van der Waals surface area contributed by atoms with Gasteiger partial charge in [-0.1, -0.05) is 140 Å². The zero-order valence-corrected chi connectivity index (χ0v) is 31.9. The van der Waals surface area contributed by atoms with E-state index in [0.29, 0.717) is 5.84 Å². The van der Waals surface area contributed by atoms with Crippen molar-refractivity contribution in [3.05, 3.63) is 205 Å². The lowest BCUT2D eigenvalue weighted by molar-refractivity contribution is 0.482. The third-order valence-electron chi connectivity index (χ3n) is 11.6. The van der Waals surface area contributed by atoms with E-state index in [0.717, 1.165) is 61.0 Å². The van der Waals surface area contributed by atoms with Crippen LogP contribution in [0.15, 0.2) is 197 Å². The predicted molar refractivity (Wildman–Crippen MR) is 240 cm³/mol. The van der Waals surface area contributed by atoms with Crippen molar-refractivity contribution in [2.24, 2.45) is 10.7 Å². The van der Waals surface area contributed by atoms with Crippen LogP contribution in [0.4, 0.5) is 0 Å². The molecular weight excluding hydrogens is 711 g/mol. The van der Waals surface area contributed by atoms with E-state index in [9.17, 15) is 0 Å². The number of hydrogen-bond donors (Lipinski definition) is 2. The first-order chi connectivity index (χ1) is 28.6. The van der Waals surface area contributed by atoms with Crippen molar-refractivity contribution in [1.82, 2.24) is 14.5 Å². The lowest BCUT2D eigenvalue weighted by Crippen LogP contribution is -2.27. The zero-order chi connectivity index (χ0) is 38.7. The van der Waals surface area contributed by atoms with Gasteiger partial charge >= 0.3 is 0 Å². The molecule has 0 fully saturated rings. The summed E-state index contributed by atoms with van der Waals surface area (Å²) in [6.07, 6.45) is -0.493. The van der Waals surface area contributed by atoms with E-state index < -0.39 is 6.17 Å². The number of rotatable bonds is 8. The number of nitrogens with two attached hydrogens (primary N) is 1. The van der Waals surface area contributed by atoms with Crippen molar-refractivity contribution in [3.8, 4) is 11.4 Å². The van der Waals surface area contributed by atoms with Crippen LogP contribution in [0, 0.1) is 0 Å². The van der Waals surface area contributed by atoms with Crippen molar-refractivity contribution in [1.29, 1.82) is 0 Å². The monoisotopic (exact) mass is 749 g/mol. The van der Waals surface area contributed by atoms with Crippen molar-refractivity contribution in [2.75, 3.05) is 0 Å². The molecule has 3 aromatic heterocycles. The standard InChI is InChI=1S/C52H39N5O/c1-33(54-52(55-51(53)34-16-3-2-4-17-34)42-23-15-29-49-50(42)41-22-9-14-28-48(41)58-49)36-18-5-10-24-43(36)57-46-27-13-8-21-39(46)40-31-30-35(32-47(40)57)56-44-25-11-6-19-37(44)38-20-7-12-26-45(38)56/h2-33,52,54H,1H3,(H2,53,55). The van der Waals surface area contributed by atoms with Crippen LogP contribution >= 0.6 is 0 Å². The van der Waals surface area contributed by atoms with Crippen LogP contribution in [-0.4, -0.2) is 15.0 Å². The molecule has 0 aliphatic heterocycles. The molecule has 8 aromatic carbocycles. The van der Waals surface area contributed by atoms with Crippen molar-refractivity contribution >= 4 is 71.4 Å². The van der Waals surface area contributed by atoms with Crippen LogP contribution < -0.4 is 11.1 Å². The van der Waals surface area contributed by atoms with Gasteiger partial charge in [0.05, 0.1) is 27.8 Å². The van der Waals surface area contributed by atoms with E-state index in [2.05, 4.69) is 155 Å². The number of amidine groups is 1. The van der Waals surface area contributed by atoms with Crippen LogP contribution in [0.3, 0.4) is 0 Å². The molecule has 11 aromatic rings. The summed E-state index contributed by atoms with van der Waals surface area (Å²) in [6.45, 7) is 2.21. The van der Waals surface area contributed by atoms with E-state index in [4.69, 9.17) is 15.1 Å². The van der Waals surface area contributed by atoms with E-state index in [1.54, 1.807) is 0 Å². The number of aliphatic imine (C=N–C) groups is 1. The summed E-state index contributed by atoms with van der Waals surface area (Å²) >= 11 is 0. The minimum atomic E-state index is -0.493. The summed E-state index contributed by atoms with van der Waals surface area (Å²) in [5, 5.41) is 10.9. The second kappa shape index (κ2) is 13.7. The van der Waals surface area contributed by atoms with Gasteiger partial charge in [0.1, 0.15) is 23.2 Å². The fraction of sp³-hybridized carbons (Fsp3) is 0.0577. The molecule has 6 nitrogen and oxygen atoms in total. The number of nitrogens with one attached hydrogen (secondary N) is 1. The molecule has 3 N–H and O–H groups in total. The average molecular weight is 750 g/mol. The fourth-order valence-corrected chi connectivity index (χ4v) is 8.99. The van der Waals surface area contributed by atoms with Gasteiger partial charge in [-0.05, 0) is 61.0 Å². The Balaban J connectivity index is 1.08. The van der Waals surface area contributed by atoms with E-state index in [1.165, 1.54) is 32.6 Å². The highest BCUT2D eigenvalue weighted by Gasteiger charge is 2.24. The molecule has 11 rings (SSSR count). The Labute approximate surface area is 335 Å². The molecule has 0 bridgehead atoms. The zero-order valence-electron chi connectivity index (χ0n) is 31.9. The third-order valence-corrected chi connectivity index (χ3v) is 11.6. The maximum absolute atomic E-state index is 6.82. The van der Waals surface area contributed by atoms with E-state index >= 15 is 0 Å². The minimum absolute atomic E-state index is 0.154. The number of benzene rings is 8. The normalized spacial score (nSPS) is 13.4. The van der Waals surface area contributed by atoms with Gasteiger partial charge in [-0.25, -0.2) is 4.99 Å². The molecule has 2 atom stereocenters. The van der Waals surface area contributed by atoms with Crippen LogP contribution in [0.1, 0.15) is 35.8 Å². The van der Waals surface area contributed by atoms with Crippen molar-refractivity contribution in [2.45, 2.75) is 19.1 Å². The molecule has 58 heavy (non-hydrogen) atoms. The predicted octanol–water partition coefficient (Wildman–Crippen LogP) is 12.5. The second-order valence-electron chi connectivity index (χ2n) is 15.0. The van der Waals surface area contributed by atoms with Gasteiger partial charge in [-0.15, -0.1) is 0 Å². The summed E-state index contributed by atoms with van der Waals surface area (Å²) in [7, 11) is 0. The van der Waals surface area contributed by atoms with E-state index in [1.807, 2.05) is 54.6 Å². The lowest BCUT2D eigenvalue weighted by atomic mass is 10.0. The number of para-hydroxylation sites is 5. The molecular formula is C52H39N5O. The Morgan fingerprint density at radius 2 is 1.07 bits per heavy atom. The summed E-state index contributed by atoms with van der Waals surface area (Å²) in [6, 6.07) is 65.8. The molecule has 0 aliphatic rings. The molecule has 278 valence electrons. The molecule has 0 saturated heterocycles. The van der Waals surface area contributed by atoms with Gasteiger partial charge in [0.25, 0.3) is 0 Å². The fourth-order valence-electron chi connectivity index (χ4n) is 8.99. The quantitative estimate of drug-likeness (QED) is 0.120. The number of nitrogens with zero attached hydrogens (tertiary/aromatic N) is 3. The van der Waals surface area contributed by atoms with Crippen LogP contribution in [0.5, 0.6) is 0 Å². The SMILES string of the molecule is CC(NC(N=C(N)c1ccccc1)c1cccc2oc3ccccc3c12)c1ccccc1-n1c2ccccc2c2ccc(-n3c4ccccc4c4ccccc43)cc21. The Kier molecular flexibility index (Phi) is 7.98. The molecule has 0 amide bonds. The van der Waals surface area contributed by atoms with Gasteiger partial charge in [0.15, 0.2) is 0 Å². The van der Waals surface area contributed by atoms with Gasteiger partial charge in [0.2, 0.25) is 0 Å². The Morgan fingerprint density at radius 1 is 0.517 bits per heavy atom. The molecule has 0 aliphatic carbocycles. The Morgan fingerprint density at radius 3 is 1.79 bits per heavy atom. The second-order valence-corrected chi connectivity index (χ2v) is 15.0. The first-order valence-electron chi connectivity index (χ1n) is 19.8. The minimum Gasteiger partial charge on any atom is -0.456 e. The summed E-state index contributed by atoms with van der Waals surface area (Å²) in [4.78, 5) is 5.23. The highest BCUT2D eigenvalue weighted by atomic mass is 16.3. The number of hydrogen-bond acceptors (Lipinski definition) is 3. The first-order valence-corrected chi connectivity index (χ1v) is 19.8. The van der Waals surface area contributed by atoms with Crippen molar-refractivity contribution < 1.29 is 4.42 Å². The van der Waals surface area contributed by atoms with Crippen LogP contribution in [-0.2, 0) is 0 Å². The summed E-state index contributed by atoms with van der Waals surface area (Å²) in [5.74, 6) is 0.461. The highest BCUT2D eigenvalue weighted by Crippen LogP contribution is 2.40. The van der Waals surface area contributed by atoms with E-state index in [-0.39, 0.29) is 6.04 Å². The van der Waals surface area contributed by atoms with Gasteiger partial charge in [0, 0.05) is 55.2 Å². The molecule has 0 spiro atoms. The molecule has 0 radical (unpaired) electrons. The number of fused-ring (bicyclic) bond motifs is 9. The van der Waals surface area contributed by atoms with Gasteiger partial charge in [-0.3, -0.25) is 5.32 Å². The lowest BCUT2D eigenvalue weighted by Gasteiger charge is -2.25. The first kappa shape index (κ1) is 33.9. The Hall–Kier alpha value is -7.41. The maximum Gasteiger partial charge on any atom is 0.135 e. The van der Waals surface area contributed by atoms with Crippen LogP contribution in [0.25, 0.3) is 76.9 Å². The molecule has 0 saturated carbocycles. The van der Waals surface area contributed by atoms with Crippen molar-refractivity contribution in [3.63, 3.8) is 0 Å². The van der Waals surface area contributed by atoms with Gasteiger partial charge < -0.3 is 19.3 Å². The Bertz CT molecular complexity index is 3320. The number of aromatic nitrogens is 2. The smallest absolute Gasteiger partial charge is 0.135 e. The molecule has 2 unspecified atom stereocenters. The maximum atomic E-state index is 6.82. The van der Waals surface area contributed by atoms with Crippen LogP contribution in [0.2, 0.25) is 0 Å². The highest BCUT2D eigenvalue weighted by molar-refractivity contribution is 6.12. The van der Waals surface area contributed by atoms with Gasteiger partial charge in [-0.2, -0.15) is 0 Å². The topological polar surface area (TPSA) is 73.4 Å². The molecule has 6 heteroatoms. The number of furan rings is 1. The third kappa shape index (κ3) is 5.41. The molecule has 3 heterocycles.